The van der Waals surface area contributed by atoms with Crippen molar-refractivity contribution in [2.24, 2.45) is 0 Å². The van der Waals surface area contributed by atoms with Crippen LogP contribution < -0.4 is 14.8 Å². The van der Waals surface area contributed by atoms with Gasteiger partial charge in [0.2, 0.25) is 15.9 Å². The van der Waals surface area contributed by atoms with Gasteiger partial charge in [0.1, 0.15) is 16.7 Å². The minimum absolute atomic E-state index is 0.0340. The number of benzene rings is 2. The lowest BCUT2D eigenvalue weighted by Gasteiger charge is -2.22. The highest BCUT2D eigenvalue weighted by Crippen LogP contribution is 2.25. The maximum absolute atomic E-state index is 13.1. The summed E-state index contributed by atoms with van der Waals surface area (Å²) < 4.78 is 34.1. The molecule has 3 rings (SSSR count). The van der Waals surface area contributed by atoms with Gasteiger partial charge in [0.15, 0.2) is 0 Å². The zero-order chi connectivity index (χ0) is 20.9. The molecule has 2 aromatic carbocycles. The maximum Gasteiger partial charge on any atom is 0.244 e. The monoisotopic (exact) mass is 416 g/mol. The van der Waals surface area contributed by atoms with E-state index >= 15 is 0 Å². The third-order valence-corrected chi connectivity index (χ3v) is 6.70. The smallest absolute Gasteiger partial charge is 0.244 e. The molecule has 0 radical (unpaired) electrons. The molecule has 0 heterocycles. The summed E-state index contributed by atoms with van der Waals surface area (Å²) in [5.41, 5.74) is 1.68. The Morgan fingerprint density at radius 3 is 2.48 bits per heavy atom. The van der Waals surface area contributed by atoms with Crippen molar-refractivity contribution in [2.75, 3.05) is 7.11 Å². The number of sulfonamides is 1. The first kappa shape index (κ1) is 21.3. The molecule has 0 saturated heterocycles. The van der Waals surface area contributed by atoms with Crippen LogP contribution in [-0.2, 0) is 21.2 Å². The van der Waals surface area contributed by atoms with Crippen molar-refractivity contribution in [3.05, 3.63) is 59.7 Å². The standard InChI is InChI=1S/C22H28N2O4S/c1-16-12-13-20(28-2)21(14-16)29(26,27)24-19(15-17-8-4-3-5-9-17)22(25)23-18-10-6-7-11-18/h3-5,8-9,12-14,18-19,24H,6-7,10-11,15H2,1-2H3,(H,23,25)/t19-/m1/s1. The molecule has 6 nitrogen and oxygen atoms in total. The van der Waals surface area contributed by atoms with Crippen LogP contribution in [0.3, 0.4) is 0 Å². The predicted octanol–water partition coefficient (Wildman–Crippen LogP) is 2.95. The number of amides is 1. The number of methoxy groups -OCH3 is 1. The molecule has 0 aliphatic heterocycles. The summed E-state index contributed by atoms with van der Waals surface area (Å²) in [6.45, 7) is 1.81. The van der Waals surface area contributed by atoms with E-state index in [4.69, 9.17) is 4.74 Å². The van der Waals surface area contributed by atoms with Gasteiger partial charge in [-0.2, -0.15) is 4.72 Å². The van der Waals surface area contributed by atoms with Crippen LogP contribution >= 0.6 is 0 Å². The third kappa shape index (κ3) is 5.58. The molecule has 0 bridgehead atoms. The lowest BCUT2D eigenvalue weighted by molar-refractivity contribution is -0.123. The van der Waals surface area contributed by atoms with Gasteiger partial charge in [-0.1, -0.05) is 49.2 Å². The molecule has 29 heavy (non-hydrogen) atoms. The van der Waals surface area contributed by atoms with Gasteiger partial charge in [-0.3, -0.25) is 4.79 Å². The topological polar surface area (TPSA) is 84.5 Å². The Kier molecular flexibility index (Phi) is 6.92. The Labute approximate surface area is 172 Å². The van der Waals surface area contributed by atoms with E-state index in [0.29, 0.717) is 0 Å². The van der Waals surface area contributed by atoms with E-state index < -0.39 is 16.1 Å². The fraction of sp³-hybridized carbons (Fsp3) is 0.409. The fourth-order valence-corrected chi connectivity index (χ4v) is 5.10. The minimum atomic E-state index is -3.96. The van der Waals surface area contributed by atoms with E-state index in [9.17, 15) is 13.2 Å². The average molecular weight is 417 g/mol. The normalized spacial score (nSPS) is 15.8. The van der Waals surface area contributed by atoms with Crippen LogP contribution in [0.4, 0.5) is 0 Å². The van der Waals surface area contributed by atoms with Crippen molar-refractivity contribution in [1.82, 2.24) is 10.0 Å². The molecular weight excluding hydrogens is 388 g/mol. The second-order valence-electron chi connectivity index (χ2n) is 7.51. The van der Waals surface area contributed by atoms with Crippen molar-refractivity contribution < 1.29 is 17.9 Å². The van der Waals surface area contributed by atoms with Crippen molar-refractivity contribution in [3.63, 3.8) is 0 Å². The van der Waals surface area contributed by atoms with Crippen LogP contribution in [0.1, 0.15) is 36.8 Å². The number of aryl methyl sites for hydroxylation is 1. The second kappa shape index (κ2) is 9.41. The molecule has 1 saturated carbocycles. The zero-order valence-corrected chi connectivity index (χ0v) is 17.7. The fourth-order valence-electron chi connectivity index (χ4n) is 3.65. The summed E-state index contributed by atoms with van der Waals surface area (Å²) in [6, 6.07) is 13.6. The van der Waals surface area contributed by atoms with Crippen molar-refractivity contribution >= 4 is 15.9 Å². The highest BCUT2D eigenvalue weighted by Gasteiger charge is 2.30. The molecule has 0 unspecified atom stereocenters. The Morgan fingerprint density at radius 1 is 1.14 bits per heavy atom. The van der Waals surface area contributed by atoms with Crippen LogP contribution in [0, 0.1) is 6.92 Å². The zero-order valence-electron chi connectivity index (χ0n) is 16.9. The molecule has 156 valence electrons. The van der Waals surface area contributed by atoms with Crippen molar-refractivity contribution in [1.29, 1.82) is 0 Å². The highest BCUT2D eigenvalue weighted by molar-refractivity contribution is 7.89. The van der Waals surface area contributed by atoms with Gasteiger partial charge >= 0.3 is 0 Å². The predicted molar refractivity (Wildman–Crippen MR) is 112 cm³/mol. The first-order valence-electron chi connectivity index (χ1n) is 9.90. The number of carbonyl (C=O) groups excluding carboxylic acids is 1. The Bertz CT molecular complexity index is 939. The van der Waals surface area contributed by atoms with Gasteiger partial charge in [-0.25, -0.2) is 8.42 Å². The SMILES string of the molecule is COc1ccc(C)cc1S(=O)(=O)N[C@H](Cc1ccccc1)C(=O)NC1CCCC1. The van der Waals surface area contributed by atoms with Crippen LogP contribution in [0.25, 0.3) is 0 Å². The first-order chi connectivity index (χ1) is 13.9. The number of carbonyl (C=O) groups is 1. The average Bonchev–Trinajstić information content (AvgIpc) is 3.21. The van der Waals surface area contributed by atoms with E-state index in [1.807, 2.05) is 37.3 Å². The lowest BCUT2D eigenvalue weighted by atomic mass is 10.1. The maximum atomic E-state index is 13.1. The van der Waals surface area contributed by atoms with Gasteiger partial charge < -0.3 is 10.1 Å². The summed E-state index contributed by atoms with van der Waals surface area (Å²) in [5, 5.41) is 3.02. The van der Waals surface area contributed by atoms with Gasteiger partial charge in [0, 0.05) is 6.04 Å². The van der Waals surface area contributed by atoms with E-state index in [-0.39, 0.29) is 29.0 Å². The molecule has 2 aromatic rings. The van der Waals surface area contributed by atoms with Gasteiger partial charge in [0.05, 0.1) is 7.11 Å². The largest absolute Gasteiger partial charge is 0.495 e. The Morgan fingerprint density at radius 2 is 1.83 bits per heavy atom. The van der Waals surface area contributed by atoms with Crippen molar-refractivity contribution in [3.8, 4) is 5.75 Å². The number of nitrogens with one attached hydrogen (secondary N) is 2. The molecule has 2 N–H and O–H groups in total. The highest BCUT2D eigenvalue weighted by atomic mass is 32.2. The van der Waals surface area contributed by atoms with E-state index in [0.717, 1.165) is 36.8 Å². The van der Waals surface area contributed by atoms with Gasteiger partial charge in [0.25, 0.3) is 0 Å². The van der Waals surface area contributed by atoms with E-state index in [1.54, 1.807) is 18.2 Å². The number of hydrogen-bond donors (Lipinski definition) is 2. The summed E-state index contributed by atoms with van der Waals surface area (Å²) >= 11 is 0. The minimum Gasteiger partial charge on any atom is -0.495 e. The number of hydrogen-bond acceptors (Lipinski definition) is 4. The van der Waals surface area contributed by atoms with Crippen LogP contribution in [0.5, 0.6) is 5.75 Å². The molecule has 1 aliphatic rings. The Hall–Kier alpha value is -2.38. The van der Waals surface area contributed by atoms with Crippen LogP contribution in [-0.4, -0.2) is 33.5 Å². The summed E-state index contributed by atoms with van der Waals surface area (Å²) in [5.74, 6) is -0.0475. The first-order valence-corrected chi connectivity index (χ1v) is 11.4. The number of rotatable bonds is 8. The Balaban J connectivity index is 1.86. The third-order valence-electron chi connectivity index (χ3n) is 5.21. The molecule has 1 fully saturated rings. The van der Waals surface area contributed by atoms with E-state index in [2.05, 4.69) is 10.0 Å². The molecule has 1 amide bonds. The summed E-state index contributed by atoms with van der Waals surface area (Å²) in [6.07, 6.45) is 4.30. The van der Waals surface area contributed by atoms with Crippen LogP contribution in [0.2, 0.25) is 0 Å². The molecule has 1 aliphatic carbocycles. The van der Waals surface area contributed by atoms with Gasteiger partial charge in [-0.15, -0.1) is 0 Å². The molecule has 0 aromatic heterocycles. The molecule has 0 spiro atoms. The summed E-state index contributed by atoms with van der Waals surface area (Å²) in [7, 11) is -2.53. The quantitative estimate of drug-likeness (QED) is 0.693. The van der Waals surface area contributed by atoms with Crippen molar-refractivity contribution in [2.45, 2.75) is 56.0 Å². The van der Waals surface area contributed by atoms with E-state index in [1.165, 1.54) is 7.11 Å². The summed E-state index contributed by atoms with van der Waals surface area (Å²) in [4.78, 5) is 13.0. The number of ether oxygens (including phenoxy) is 1. The van der Waals surface area contributed by atoms with Crippen LogP contribution in [0.15, 0.2) is 53.4 Å². The van der Waals surface area contributed by atoms with Gasteiger partial charge in [-0.05, 0) is 49.4 Å². The molecular formula is C22H28N2O4S. The molecule has 7 heteroatoms. The molecule has 1 atom stereocenters. The lowest BCUT2D eigenvalue weighted by Crippen LogP contribution is -2.50. The second-order valence-corrected chi connectivity index (χ2v) is 9.19.